The highest BCUT2D eigenvalue weighted by molar-refractivity contribution is 9.10. The summed E-state index contributed by atoms with van der Waals surface area (Å²) in [5, 5.41) is 12.0. The van der Waals surface area contributed by atoms with Crippen molar-refractivity contribution in [1.82, 2.24) is 0 Å². The molecule has 1 fully saturated rings. The summed E-state index contributed by atoms with van der Waals surface area (Å²) in [6.45, 7) is 0. The average molecular weight is 277 g/mol. The van der Waals surface area contributed by atoms with Crippen molar-refractivity contribution in [3.63, 3.8) is 0 Å². The first kappa shape index (κ1) is 10.2. The molecule has 16 heavy (non-hydrogen) atoms. The molecule has 1 aliphatic rings. The van der Waals surface area contributed by atoms with Crippen molar-refractivity contribution in [2.24, 2.45) is 0 Å². The Balaban J connectivity index is 2.28. The van der Waals surface area contributed by atoms with Crippen molar-refractivity contribution in [2.45, 2.75) is 25.2 Å². The second-order valence-corrected chi connectivity index (χ2v) is 5.36. The number of phenolic OH excluding ortho intramolecular Hbond substituents is 1. The van der Waals surface area contributed by atoms with E-state index in [0.29, 0.717) is 11.7 Å². The monoisotopic (exact) mass is 276 g/mol. The van der Waals surface area contributed by atoms with Gasteiger partial charge in [0, 0.05) is 4.47 Å². The van der Waals surface area contributed by atoms with Gasteiger partial charge >= 0.3 is 0 Å². The molecule has 2 aromatic carbocycles. The van der Waals surface area contributed by atoms with E-state index in [1.165, 1.54) is 30.2 Å². The lowest BCUT2D eigenvalue weighted by atomic mass is 9.78. The maximum atomic E-state index is 9.58. The second-order valence-electron chi connectivity index (χ2n) is 4.50. The Hall–Kier alpha value is -1.02. The number of fused-ring (bicyclic) bond motifs is 1. The zero-order valence-corrected chi connectivity index (χ0v) is 10.5. The molecule has 1 saturated carbocycles. The van der Waals surface area contributed by atoms with Crippen molar-refractivity contribution >= 4 is 26.7 Å². The van der Waals surface area contributed by atoms with Crippen LogP contribution in [0.1, 0.15) is 30.7 Å². The van der Waals surface area contributed by atoms with Crippen molar-refractivity contribution in [3.8, 4) is 5.75 Å². The van der Waals surface area contributed by atoms with Crippen molar-refractivity contribution in [1.29, 1.82) is 0 Å². The molecule has 0 saturated heterocycles. The minimum absolute atomic E-state index is 0.324. The van der Waals surface area contributed by atoms with E-state index in [9.17, 15) is 5.11 Å². The Morgan fingerprint density at radius 3 is 2.69 bits per heavy atom. The van der Waals surface area contributed by atoms with Gasteiger partial charge in [-0.2, -0.15) is 0 Å². The fourth-order valence-electron chi connectivity index (χ4n) is 2.45. The normalized spacial score (nSPS) is 16.3. The summed E-state index contributed by atoms with van der Waals surface area (Å²) in [5.74, 6) is 1.04. The van der Waals surface area contributed by atoms with E-state index < -0.39 is 0 Å². The predicted molar refractivity (Wildman–Crippen MR) is 69.9 cm³/mol. The lowest BCUT2D eigenvalue weighted by Crippen LogP contribution is -2.09. The summed E-state index contributed by atoms with van der Waals surface area (Å²) in [5.41, 5.74) is 1.43. The zero-order valence-electron chi connectivity index (χ0n) is 8.91. The van der Waals surface area contributed by atoms with Crippen molar-refractivity contribution in [3.05, 3.63) is 40.4 Å². The van der Waals surface area contributed by atoms with Gasteiger partial charge in [0.05, 0.1) is 0 Å². The molecule has 0 heterocycles. The standard InChI is InChI=1S/C14H13BrO/c15-13-8-11(16)7-10-5-2-6-12(14(10)13)9-3-1-4-9/h2,5-9,16H,1,3-4H2. The van der Waals surface area contributed by atoms with Crippen LogP contribution in [0.25, 0.3) is 10.8 Å². The van der Waals surface area contributed by atoms with E-state index in [1.807, 2.05) is 6.07 Å². The van der Waals surface area contributed by atoms with Crippen LogP contribution < -0.4 is 0 Å². The molecular formula is C14H13BrO. The van der Waals surface area contributed by atoms with Crippen LogP contribution in [0, 0.1) is 0 Å². The van der Waals surface area contributed by atoms with Crippen molar-refractivity contribution in [2.75, 3.05) is 0 Å². The largest absolute Gasteiger partial charge is 0.508 e. The molecule has 1 N–H and O–H groups in total. The number of rotatable bonds is 1. The van der Waals surface area contributed by atoms with Crippen LogP contribution in [0.15, 0.2) is 34.8 Å². The van der Waals surface area contributed by atoms with Gasteiger partial charge in [-0.05, 0) is 47.2 Å². The topological polar surface area (TPSA) is 20.2 Å². The quantitative estimate of drug-likeness (QED) is 0.809. The predicted octanol–water partition coefficient (Wildman–Crippen LogP) is 4.58. The molecule has 2 heteroatoms. The van der Waals surface area contributed by atoms with Crippen LogP contribution in [-0.4, -0.2) is 5.11 Å². The van der Waals surface area contributed by atoms with Crippen LogP contribution in [-0.2, 0) is 0 Å². The summed E-state index contributed by atoms with van der Waals surface area (Å²) < 4.78 is 1.00. The highest BCUT2D eigenvalue weighted by atomic mass is 79.9. The molecule has 0 aliphatic heterocycles. The smallest absolute Gasteiger partial charge is 0.117 e. The highest BCUT2D eigenvalue weighted by Gasteiger charge is 2.22. The van der Waals surface area contributed by atoms with E-state index in [2.05, 4.69) is 34.1 Å². The lowest BCUT2D eigenvalue weighted by molar-refractivity contribution is 0.422. The van der Waals surface area contributed by atoms with E-state index in [-0.39, 0.29) is 0 Å². The third-order valence-corrected chi connectivity index (χ3v) is 4.12. The number of hydrogen-bond acceptors (Lipinski definition) is 1. The number of halogens is 1. The van der Waals surface area contributed by atoms with Gasteiger partial charge in [-0.15, -0.1) is 0 Å². The molecule has 0 radical (unpaired) electrons. The molecular weight excluding hydrogens is 264 g/mol. The Bertz CT molecular complexity index is 544. The summed E-state index contributed by atoms with van der Waals surface area (Å²) in [7, 11) is 0. The van der Waals surface area contributed by atoms with Gasteiger partial charge in [-0.3, -0.25) is 0 Å². The number of aromatic hydroxyl groups is 1. The van der Waals surface area contributed by atoms with E-state index >= 15 is 0 Å². The Kier molecular flexibility index (Phi) is 2.40. The van der Waals surface area contributed by atoms with Gasteiger partial charge in [-0.25, -0.2) is 0 Å². The molecule has 82 valence electrons. The summed E-state index contributed by atoms with van der Waals surface area (Å²) >= 11 is 3.56. The molecule has 3 rings (SSSR count). The van der Waals surface area contributed by atoms with Gasteiger partial charge in [0.1, 0.15) is 5.75 Å². The van der Waals surface area contributed by atoms with Crippen LogP contribution in [0.4, 0.5) is 0 Å². The van der Waals surface area contributed by atoms with E-state index in [0.717, 1.165) is 9.86 Å². The highest BCUT2D eigenvalue weighted by Crippen LogP contribution is 2.42. The maximum absolute atomic E-state index is 9.58. The summed E-state index contributed by atoms with van der Waals surface area (Å²) in [4.78, 5) is 0. The Morgan fingerprint density at radius 2 is 2.00 bits per heavy atom. The Labute approximate surface area is 103 Å². The first-order chi connectivity index (χ1) is 7.75. The molecule has 2 aromatic rings. The van der Waals surface area contributed by atoms with Crippen LogP contribution >= 0.6 is 15.9 Å². The van der Waals surface area contributed by atoms with Crippen LogP contribution in [0.3, 0.4) is 0 Å². The number of benzene rings is 2. The van der Waals surface area contributed by atoms with Gasteiger partial charge in [0.2, 0.25) is 0 Å². The van der Waals surface area contributed by atoms with E-state index in [1.54, 1.807) is 6.07 Å². The third kappa shape index (κ3) is 1.52. The molecule has 0 aromatic heterocycles. The molecule has 0 spiro atoms. The van der Waals surface area contributed by atoms with Gasteiger partial charge in [0.25, 0.3) is 0 Å². The minimum Gasteiger partial charge on any atom is -0.508 e. The fraction of sp³-hybridized carbons (Fsp3) is 0.286. The third-order valence-electron chi connectivity index (χ3n) is 3.49. The Morgan fingerprint density at radius 1 is 1.19 bits per heavy atom. The fourth-order valence-corrected chi connectivity index (χ4v) is 3.14. The van der Waals surface area contributed by atoms with Crippen molar-refractivity contribution < 1.29 is 5.11 Å². The molecule has 0 amide bonds. The minimum atomic E-state index is 0.324. The summed E-state index contributed by atoms with van der Waals surface area (Å²) in [6, 6.07) is 9.98. The zero-order chi connectivity index (χ0) is 11.1. The van der Waals surface area contributed by atoms with Gasteiger partial charge in [0.15, 0.2) is 0 Å². The second kappa shape index (κ2) is 3.77. The first-order valence-corrected chi connectivity index (χ1v) is 6.46. The van der Waals surface area contributed by atoms with Gasteiger partial charge in [-0.1, -0.05) is 40.5 Å². The van der Waals surface area contributed by atoms with Gasteiger partial charge < -0.3 is 5.11 Å². The first-order valence-electron chi connectivity index (χ1n) is 5.67. The summed E-state index contributed by atoms with van der Waals surface area (Å²) in [6.07, 6.45) is 3.94. The molecule has 0 atom stereocenters. The molecule has 0 bridgehead atoms. The number of hydrogen-bond donors (Lipinski definition) is 1. The molecule has 1 nitrogen and oxygen atoms in total. The maximum Gasteiger partial charge on any atom is 0.117 e. The number of phenols is 1. The molecule has 0 unspecified atom stereocenters. The van der Waals surface area contributed by atoms with E-state index in [4.69, 9.17) is 0 Å². The average Bonchev–Trinajstić information content (AvgIpc) is 2.13. The SMILES string of the molecule is Oc1cc(Br)c2c(C3CCC3)cccc2c1. The van der Waals surface area contributed by atoms with Crippen LogP contribution in [0.5, 0.6) is 5.75 Å². The molecule has 1 aliphatic carbocycles. The van der Waals surface area contributed by atoms with Crippen LogP contribution in [0.2, 0.25) is 0 Å². The lowest BCUT2D eigenvalue weighted by Gasteiger charge is -2.27.